The predicted molar refractivity (Wildman–Crippen MR) is 112 cm³/mol. The van der Waals surface area contributed by atoms with E-state index < -0.39 is 12.1 Å². The Hall–Kier alpha value is -3.28. The fraction of sp³-hybridized carbons (Fsp3) is 0.304. The molecule has 0 aliphatic carbocycles. The van der Waals surface area contributed by atoms with E-state index >= 15 is 0 Å². The predicted octanol–water partition coefficient (Wildman–Crippen LogP) is 3.66. The highest BCUT2D eigenvalue weighted by Crippen LogP contribution is 2.28. The number of carbonyl (C=O) groups is 2. The zero-order chi connectivity index (χ0) is 21.2. The first kappa shape index (κ1) is 22.0. The first-order valence-electron chi connectivity index (χ1n) is 9.39. The molecule has 2 rings (SSSR count). The number of benzene rings is 2. The van der Waals surface area contributed by atoms with Crippen molar-refractivity contribution in [3.63, 3.8) is 0 Å². The van der Waals surface area contributed by atoms with E-state index in [1.165, 1.54) is 14.0 Å². The van der Waals surface area contributed by atoms with Gasteiger partial charge in [0.25, 0.3) is 5.91 Å². The lowest BCUT2D eigenvalue weighted by molar-refractivity contribution is -0.156. The molecule has 0 saturated heterocycles. The zero-order valence-electron chi connectivity index (χ0n) is 17.2. The van der Waals surface area contributed by atoms with Gasteiger partial charge in [-0.2, -0.15) is 0 Å². The Morgan fingerprint density at radius 2 is 1.83 bits per heavy atom. The summed E-state index contributed by atoms with van der Waals surface area (Å²) in [6.07, 6.45) is 2.92. The number of allylic oxidation sites excluding steroid dienone is 1. The average molecular weight is 397 g/mol. The first-order valence-corrected chi connectivity index (χ1v) is 9.39. The number of esters is 1. The molecule has 2 aromatic carbocycles. The van der Waals surface area contributed by atoms with E-state index in [1.54, 1.807) is 6.07 Å². The van der Waals surface area contributed by atoms with Gasteiger partial charge in [0.05, 0.1) is 7.11 Å². The van der Waals surface area contributed by atoms with Crippen LogP contribution in [-0.4, -0.2) is 31.7 Å². The van der Waals surface area contributed by atoms with Gasteiger partial charge in [0, 0.05) is 6.54 Å². The van der Waals surface area contributed by atoms with Crippen LogP contribution in [0.15, 0.2) is 48.5 Å². The summed E-state index contributed by atoms with van der Waals surface area (Å²) in [7, 11) is 1.53. The van der Waals surface area contributed by atoms with Crippen LogP contribution < -0.4 is 14.8 Å². The standard InChI is InChI=1S/C23H27NO5/c1-5-6-18-11-12-20(21(13-18)27-4)28-15-22(25)29-17(3)23(26)24-14-19-9-7-16(2)8-10-19/h5-13,17H,14-15H2,1-4H3,(H,24,26)/b6-5+/t17-/m0/s1. The molecule has 0 bridgehead atoms. The number of aryl methyl sites for hydroxylation is 1. The highest BCUT2D eigenvalue weighted by Gasteiger charge is 2.18. The van der Waals surface area contributed by atoms with Gasteiger partial charge in [-0.15, -0.1) is 0 Å². The van der Waals surface area contributed by atoms with Gasteiger partial charge in [-0.25, -0.2) is 4.79 Å². The number of hydrogen-bond donors (Lipinski definition) is 1. The lowest BCUT2D eigenvalue weighted by Crippen LogP contribution is -2.36. The fourth-order valence-corrected chi connectivity index (χ4v) is 2.56. The van der Waals surface area contributed by atoms with Crippen molar-refractivity contribution in [2.24, 2.45) is 0 Å². The lowest BCUT2D eigenvalue weighted by Gasteiger charge is -2.15. The summed E-state index contributed by atoms with van der Waals surface area (Å²) >= 11 is 0. The van der Waals surface area contributed by atoms with Crippen LogP contribution in [0.1, 0.15) is 30.5 Å². The number of amides is 1. The van der Waals surface area contributed by atoms with E-state index in [9.17, 15) is 9.59 Å². The minimum absolute atomic E-state index is 0.324. The van der Waals surface area contributed by atoms with Gasteiger partial charge in [-0.3, -0.25) is 4.79 Å². The molecule has 1 N–H and O–H groups in total. The van der Waals surface area contributed by atoms with Gasteiger partial charge < -0.3 is 19.5 Å². The van der Waals surface area contributed by atoms with Gasteiger partial charge >= 0.3 is 5.97 Å². The third-order valence-corrected chi connectivity index (χ3v) is 4.16. The molecule has 0 saturated carbocycles. The summed E-state index contributed by atoms with van der Waals surface area (Å²) in [5, 5.41) is 2.75. The lowest BCUT2D eigenvalue weighted by atomic mass is 10.1. The fourth-order valence-electron chi connectivity index (χ4n) is 2.56. The van der Waals surface area contributed by atoms with E-state index in [4.69, 9.17) is 14.2 Å². The van der Waals surface area contributed by atoms with Crippen molar-refractivity contribution in [3.8, 4) is 11.5 Å². The van der Waals surface area contributed by atoms with Crippen molar-refractivity contribution in [2.45, 2.75) is 33.4 Å². The first-order chi connectivity index (χ1) is 13.9. The second kappa shape index (κ2) is 10.9. The summed E-state index contributed by atoms with van der Waals surface area (Å²) in [5.41, 5.74) is 3.08. The molecule has 0 unspecified atom stereocenters. The van der Waals surface area contributed by atoms with E-state index in [0.717, 1.165) is 16.7 Å². The monoisotopic (exact) mass is 397 g/mol. The van der Waals surface area contributed by atoms with Gasteiger partial charge in [0.1, 0.15) is 0 Å². The van der Waals surface area contributed by atoms with Gasteiger partial charge in [-0.05, 0) is 44.0 Å². The largest absolute Gasteiger partial charge is 0.493 e. The molecule has 1 amide bonds. The minimum Gasteiger partial charge on any atom is -0.493 e. The Morgan fingerprint density at radius 1 is 1.10 bits per heavy atom. The molecule has 0 heterocycles. The van der Waals surface area contributed by atoms with E-state index in [0.29, 0.717) is 18.0 Å². The van der Waals surface area contributed by atoms with E-state index in [2.05, 4.69) is 5.32 Å². The SMILES string of the molecule is C/C=C/c1ccc(OCC(=O)O[C@@H](C)C(=O)NCc2ccc(C)cc2)c(OC)c1. The Bertz CT molecular complexity index is 858. The summed E-state index contributed by atoms with van der Waals surface area (Å²) in [5.74, 6) is -0.0683. The van der Waals surface area contributed by atoms with Crippen molar-refractivity contribution in [3.05, 3.63) is 65.2 Å². The molecule has 0 aromatic heterocycles. The van der Waals surface area contributed by atoms with Crippen LogP contribution >= 0.6 is 0 Å². The van der Waals surface area contributed by atoms with Crippen molar-refractivity contribution in [1.29, 1.82) is 0 Å². The molecule has 0 spiro atoms. The van der Waals surface area contributed by atoms with Crippen LogP contribution in [0.5, 0.6) is 11.5 Å². The van der Waals surface area contributed by atoms with Crippen LogP contribution in [0.25, 0.3) is 6.08 Å². The molecule has 0 fully saturated rings. The maximum absolute atomic E-state index is 12.1. The normalized spacial score (nSPS) is 11.7. The zero-order valence-corrected chi connectivity index (χ0v) is 17.2. The Balaban J connectivity index is 1.82. The number of hydrogen-bond acceptors (Lipinski definition) is 5. The average Bonchev–Trinajstić information content (AvgIpc) is 2.72. The number of rotatable bonds is 9. The Morgan fingerprint density at radius 3 is 2.48 bits per heavy atom. The van der Waals surface area contributed by atoms with Crippen LogP contribution in [0.4, 0.5) is 0 Å². The third-order valence-electron chi connectivity index (χ3n) is 4.16. The molecule has 0 aliphatic rings. The minimum atomic E-state index is -0.921. The van der Waals surface area contributed by atoms with Crippen LogP contribution in [-0.2, 0) is 20.9 Å². The molecule has 0 aliphatic heterocycles. The van der Waals surface area contributed by atoms with Crippen LogP contribution in [0.2, 0.25) is 0 Å². The molecule has 2 aromatic rings. The molecular formula is C23H27NO5. The topological polar surface area (TPSA) is 73.9 Å². The second-order valence-corrected chi connectivity index (χ2v) is 6.53. The number of carbonyl (C=O) groups excluding carboxylic acids is 2. The van der Waals surface area contributed by atoms with E-state index in [-0.39, 0.29) is 12.5 Å². The summed E-state index contributed by atoms with van der Waals surface area (Å²) < 4.78 is 15.9. The molecule has 6 heteroatoms. The maximum atomic E-state index is 12.1. The van der Waals surface area contributed by atoms with Crippen molar-refractivity contribution in [1.82, 2.24) is 5.32 Å². The molecule has 1 atom stereocenters. The Labute approximate surface area is 171 Å². The molecule has 0 radical (unpaired) electrons. The smallest absolute Gasteiger partial charge is 0.344 e. The molecular weight excluding hydrogens is 370 g/mol. The summed E-state index contributed by atoms with van der Waals surface area (Å²) in [6, 6.07) is 13.2. The van der Waals surface area contributed by atoms with Crippen molar-refractivity contribution in [2.75, 3.05) is 13.7 Å². The molecule has 154 valence electrons. The molecule has 6 nitrogen and oxygen atoms in total. The van der Waals surface area contributed by atoms with Crippen LogP contribution in [0.3, 0.4) is 0 Å². The van der Waals surface area contributed by atoms with E-state index in [1.807, 2.05) is 62.4 Å². The Kier molecular flexibility index (Phi) is 8.27. The molecule has 29 heavy (non-hydrogen) atoms. The van der Waals surface area contributed by atoms with Crippen LogP contribution in [0, 0.1) is 6.92 Å². The second-order valence-electron chi connectivity index (χ2n) is 6.53. The van der Waals surface area contributed by atoms with Gasteiger partial charge in [0.2, 0.25) is 0 Å². The highest BCUT2D eigenvalue weighted by molar-refractivity contribution is 5.83. The van der Waals surface area contributed by atoms with Crippen molar-refractivity contribution < 1.29 is 23.8 Å². The summed E-state index contributed by atoms with van der Waals surface area (Å²) in [6.45, 7) is 5.49. The summed E-state index contributed by atoms with van der Waals surface area (Å²) in [4.78, 5) is 24.2. The maximum Gasteiger partial charge on any atom is 0.344 e. The van der Waals surface area contributed by atoms with Gasteiger partial charge in [-0.1, -0.05) is 48.0 Å². The number of methoxy groups -OCH3 is 1. The highest BCUT2D eigenvalue weighted by atomic mass is 16.6. The third kappa shape index (κ3) is 6.99. The quantitative estimate of drug-likeness (QED) is 0.654. The number of nitrogens with one attached hydrogen (secondary N) is 1. The van der Waals surface area contributed by atoms with Gasteiger partial charge in [0.15, 0.2) is 24.2 Å². The van der Waals surface area contributed by atoms with Crippen molar-refractivity contribution >= 4 is 18.0 Å². The number of ether oxygens (including phenoxy) is 3.